The van der Waals surface area contributed by atoms with Crippen LogP contribution in [0.1, 0.15) is 44.1 Å². The largest absolute Gasteiger partial charge is 0.122 e. The Morgan fingerprint density at radius 2 is 1.45 bits per heavy atom. The van der Waals surface area contributed by atoms with Crippen LogP contribution in [0.5, 0.6) is 0 Å². The van der Waals surface area contributed by atoms with Gasteiger partial charge in [-0.25, -0.2) is 0 Å². The van der Waals surface area contributed by atoms with Crippen LogP contribution in [0.15, 0.2) is 24.3 Å². The molecule has 0 nitrogen and oxygen atoms in total. The van der Waals surface area contributed by atoms with Gasteiger partial charge >= 0.3 is 0 Å². The molecule has 4 bridgehead atoms. The Bertz CT molecular complexity index is 455. The van der Waals surface area contributed by atoms with Crippen molar-refractivity contribution < 1.29 is 0 Å². The van der Waals surface area contributed by atoms with Crippen molar-refractivity contribution in [1.29, 1.82) is 0 Å². The Labute approximate surface area is 131 Å². The smallest absolute Gasteiger partial charge is 0.0432 e. The molecule has 0 heterocycles. The molecule has 0 radical (unpaired) electrons. The molecule has 20 heavy (non-hydrogen) atoms. The molecule has 0 spiro atoms. The summed E-state index contributed by atoms with van der Waals surface area (Å²) in [5, 5.41) is 1.12. The van der Waals surface area contributed by atoms with Gasteiger partial charge in [0.05, 0.1) is 0 Å². The van der Waals surface area contributed by atoms with Gasteiger partial charge in [0, 0.05) is 10.4 Å². The minimum atomic E-state index is 0.303. The summed E-state index contributed by atoms with van der Waals surface area (Å²) in [6.45, 7) is 0. The fourth-order valence-electron chi connectivity index (χ4n) is 5.61. The number of hydrogen-bond donors (Lipinski definition) is 0. The van der Waals surface area contributed by atoms with E-state index >= 15 is 0 Å². The molecule has 1 aromatic rings. The lowest BCUT2D eigenvalue weighted by Gasteiger charge is -2.58. The maximum Gasteiger partial charge on any atom is 0.0432 e. The molecular formula is C18H22Cl2. The molecule has 4 aliphatic rings. The van der Waals surface area contributed by atoms with Crippen LogP contribution >= 0.6 is 23.2 Å². The van der Waals surface area contributed by atoms with Crippen LogP contribution in [0.2, 0.25) is 5.02 Å². The first-order chi connectivity index (χ1) is 9.63. The normalized spacial score (nSPS) is 40.0. The molecule has 0 saturated heterocycles. The zero-order valence-corrected chi connectivity index (χ0v) is 13.3. The second kappa shape index (κ2) is 4.92. The average Bonchev–Trinajstić information content (AvgIpc) is 2.40. The van der Waals surface area contributed by atoms with Crippen molar-refractivity contribution in [2.45, 2.75) is 50.3 Å². The molecular weight excluding hydrogens is 287 g/mol. The van der Waals surface area contributed by atoms with Gasteiger partial charge in [0.15, 0.2) is 0 Å². The van der Waals surface area contributed by atoms with Crippen molar-refractivity contribution in [1.82, 2.24) is 0 Å². The summed E-state index contributed by atoms with van der Waals surface area (Å²) in [4.78, 5) is 0. The predicted molar refractivity (Wildman–Crippen MR) is 85.4 cm³/mol. The van der Waals surface area contributed by atoms with Crippen LogP contribution in [0.25, 0.3) is 0 Å². The van der Waals surface area contributed by atoms with Crippen LogP contribution in [0.3, 0.4) is 0 Å². The summed E-state index contributed by atoms with van der Waals surface area (Å²) < 4.78 is 0. The number of hydrogen-bond acceptors (Lipinski definition) is 0. The third-order valence-corrected chi connectivity index (χ3v) is 6.95. The molecule has 2 heteroatoms. The molecule has 0 N–H and O–H groups in total. The van der Waals surface area contributed by atoms with Crippen LogP contribution in [-0.2, 0) is 6.42 Å². The summed E-state index contributed by atoms with van der Waals surface area (Å²) in [6.07, 6.45) is 9.64. The first kappa shape index (κ1) is 13.5. The Kier molecular flexibility index (Phi) is 3.31. The molecule has 108 valence electrons. The summed E-state index contributed by atoms with van der Waals surface area (Å²) >= 11 is 12.9. The summed E-state index contributed by atoms with van der Waals surface area (Å²) in [7, 11) is 0. The van der Waals surface area contributed by atoms with E-state index in [1.807, 2.05) is 12.1 Å². The van der Waals surface area contributed by atoms with E-state index in [-0.39, 0.29) is 0 Å². The van der Waals surface area contributed by atoms with Crippen molar-refractivity contribution in [3.63, 3.8) is 0 Å². The van der Waals surface area contributed by atoms with E-state index in [0.717, 1.165) is 29.2 Å². The number of benzene rings is 1. The highest BCUT2D eigenvalue weighted by molar-refractivity contribution is 6.30. The first-order valence-electron chi connectivity index (χ1n) is 8.01. The van der Waals surface area contributed by atoms with Gasteiger partial charge in [-0.05, 0) is 85.8 Å². The molecule has 4 aliphatic carbocycles. The van der Waals surface area contributed by atoms with Crippen LogP contribution in [0, 0.1) is 23.2 Å². The lowest BCUT2D eigenvalue weighted by Crippen LogP contribution is -2.50. The highest BCUT2D eigenvalue weighted by Gasteiger charge is 2.53. The van der Waals surface area contributed by atoms with E-state index in [2.05, 4.69) is 12.1 Å². The van der Waals surface area contributed by atoms with Gasteiger partial charge < -0.3 is 0 Å². The Morgan fingerprint density at radius 3 is 1.95 bits per heavy atom. The number of rotatable bonds is 3. The van der Waals surface area contributed by atoms with Crippen molar-refractivity contribution >= 4 is 23.2 Å². The Morgan fingerprint density at radius 1 is 0.950 bits per heavy atom. The molecule has 4 saturated carbocycles. The van der Waals surface area contributed by atoms with Crippen molar-refractivity contribution in [3.05, 3.63) is 34.9 Å². The van der Waals surface area contributed by atoms with Crippen molar-refractivity contribution in [2.24, 2.45) is 23.2 Å². The van der Waals surface area contributed by atoms with Gasteiger partial charge in [-0.3, -0.25) is 0 Å². The van der Waals surface area contributed by atoms with Crippen LogP contribution in [-0.4, -0.2) is 5.38 Å². The fourth-order valence-corrected chi connectivity index (χ4v) is 6.18. The molecule has 4 fully saturated rings. The van der Waals surface area contributed by atoms with E-state index in [1.54, 1.807) is 0 Å². The molecule has 1 unspecified atom stereocenters. The van der Waals surface area contributed by atoms with E-state index in [9.17, 15) is 0 Å². The average molecular weight is 309 g/mol. The summed E-state index contributed by atoms with van der Waals surface area (Å²) in [5.74, 6) is 2.94. The van der Waals surface area contributed by atoms with Crippen LogP contribution < -0.4 is 0 Å². The van der Waals surface area contributed by atoms with E-state index in [0.29, 0.717) is 10.8 Å². The Hall–Kier alpha value is -0.200. The zero-order chi connectivity index (χ0) is 13.7. The minimum absolute atomic E-state index is 0.303. The van der Waals surface area contributed by atoms with E-state index in [4.69, 9.17) is 23.2 Å². The molecule has 1 aromatic carbocycles. The maximum absolute atomic E-state index is 6.94. The minimum Gasteiger partial charge on any atom is -0.122 e. The maximum atomic E-state index is 6.94. The van der Waals surface area contributed by atoms with Gasteiger partial charge in [0.2, 0.25) is 0 Å². The van der Waals surface area contributed by atoms with Gasteiger partial charge in [-0.1, -0.05) is 23.7 Å². The lowest BCUT2D eigenvalue weighted by molar-refractivity contribution is -0.0545. The summed E-state index contributed by atoms with van der Waals surface area (Å²) in [6, 6.07) is 8.25. The van der Waals surface area contributed by atoms with Gasteiger partial charge in [0.1, 0.15) is 0 Å². The van der Waals surface area contributed by atoms with Gasteiger partial charge in [0.25, 0.3) is 0 Å². The number of halogens is 2. The summed E-state index contributed by atoms with van der Waals surface area (Å²) in [5.41, 5.74) is 1.78. The highest BCUT2D eigenvalue weighted by atomic mass is 35.5. The standard InChI is InChI=1S/C18H22Cl2/c19-16-3-1-12(2-4-16)8-17(20)18-9-13-5-14(10-18)7-15(6-13)11-18/h1-4,13-15,17H,5-11H2. The van der Waals surface area contributed by atoms with Crippen molar-refractivity contribution in [3.8, 4) is 0 Å². The fraction of sp³-hybridized carbons (Fsp3) is 0.667. The first-order valence-corrected chi connectivity index (χ1v) is 8.83. The SMILES string of the molecule is Clc1ccc(CC(Cl)C23CC4CC(CC(C4)C2)C3)cc1. The molecule has 0 aromatic heterocycles. The van der Waals surface area contributed by atoms with Crippen LogP contribution in [0.4, 0.5) is 0 Å². The Balaban J connectivity index is 1.53. The molecule has 0 amide bonds. The number of alkyl halides is 1. The zero-order valence-electron chi connectivity index (χ0n) is 11.8. The second-order valence-corrected chi connectivity index (χ2v) is 8.54. The molecule has 1 atom stereocenters. The quantitative estimate of drug-likeness (QED) is 0.628. The van der Waals surface area contributed by atoms with E-state index in [1.165, 1.54) is 44.1 Å². The third-order valence-electron chi connectivity index (χ3n) is 6.08. The molecule has 0 aliphatic heterocycles. The van der Waals surface area contributed by atoms with Gasteiger partial charge in [-0.2, -0.15) is 0 Å². The predicted octanol–water partition coefficient (Wildman–Crippen LogP) is 5.71. The van der Waals surface area contributed by atoms with E-state index < -0.39 is 0 Å². The van der Waals surface area contributed by atoms with Gasteiger partial charge in [-0.15, -0.1) is 11.6 Å². The van der Waals surface area contributed by atoms with Crippen molar-refractivity contribution in [2.75, 3.05) is 0 Å². The lowest BCUT2D eigenvalue weighted by atomic mass is 9.48. The molecule has 5 rings (SSSR count). The monoisotopic (exact) mass is 308 g/mol. The highest BCUT2D eigenvalue weighted by Crippen LogP contribution is 2.62. The third kappa shape index (κ3) is 2.29. The topological polar surface area (TPSA) is 0 Å². The second-order valence-electron chi connectivity index (χ2n) is 7.58.